The van der Waals surface area contributed by atoms with Crippen LogP contribution in [0.2, 0.25) is 0 Å². The van der Waals surface area contributed by atoms with Crippen molar-refractivity contribution in [3.63, 3.8) is 0 Å². The molecule has 4 rings (SSSR count). The lowest BCUT2D eigenvalue weighted by molar-refractivity contribution is -0.121. The third-order valence-electron chi connectivity index (χ3n) is 4.74. The van der Waals surface area contributed by atoms with Gasteiger partial charge in [0.05, 0.1) is 17.7 Å². The van der Waals surface area contributed by atoms with E-state index in [9.17, 15) is 9.59 Å². The number of carbonyl (C=O) groups is 2. The summed E-state index contributed by atoms with van der Waals surface area (Å²) in [7, 11) is 1.87. The molecule has 1 aromatic heterocycles. The van der Waals surface area contributed by atoms with Gasteiger partial charge in [-0.15, -0.1) is 0 Å². The van der Waals surface area contributed by atoms with Crippen molar-refractivity contribution in [3.05, 3.63) is 42.4 Å². The molecule has 150 valence electrons. The van der Waals surface area contributed by atoms with Gasteiger partial charge in [-0.2, -0.15) is 0 Å². The molecule has 0 atom stereocenters. The predicted octanol–water partition coefficient (Wildman–Crippen LogP) is 1.61. The minimum absolute atomic E-state index is 0.0212. The van der Waals surface area contributed by atoms with Crippen LogP contribution in [0.1, 0.15) is 18.4 Å². The van der Waals surface area contributed by atoms with Gasteiger partial charge in [0.25, 0.3) is 5.91 Å². The van der Waals surface area contributed by atoms with Crippen LogP contribution in [0.4, 0.5) is 17.3 Å². The minimum atomic E-state index is -0.249. The molecule has 0 saturated heterocycles. The van der Waals surface area contributed by atoms with Crippen molar-refractivity contribution in [2.45, 2.75) is 12.8 Å². The van der Waals surface area contributed by atoms with Gasteiger partial charge in [-0.1, -0.05) is 6.07 Å². The highest BCUT2D eigenvalue weighted by atomic mass is 16.5. The van der Waals surface area contributed by atoms with E-state index in [-0.39, 0.29) is 11.8 Å². The van der Waals surface area contributed by atoms with E-state index in [0.717, 1.165) is 5.69 Å². The Bertz CT molecular complexity index is 974. The molecule has 0 unspecified atom stereocenters. The van der Waals surface area contributed by atoms with Crippen molar-refractivity contribution in [2.24, 2.45) is 0 Å². The quantitative estimate of drug-likeness (QED) is 0.623. The maximum atomic E-state index is 12.5. The molecule has 2 aliphatic rings. The Morgan fingerprint density at radius 1 is 1.21 bits per heavy atom. The van der Waals surface area contributed by atoms with Gasteiger partial charge in [0.15, 0.2) is 0 Å². The molecule has 9 heteroatoms. The first-order chi connectivity index (χ1) is 14.1. The van der Waals surface area contributed by atoms with E-state index < -0.39 is 0 Å². The second-order valence-corrected chi connectivity index (χ2v) is 6.83. The smallest absolute Gasteiger partial charge is 0.259 e. The van der Waals surface area contributed by atoms with Crippen LogP contribution in [-0.2, 0) is 9.59 Å². The standard InChI is InChI=1S/C20H22N6O3/c1-26-8-7-21-16(27)6-3-9-29-14-5-2-4-13(10-14)22-11-15-17-18(25-20(15)28)23-12-24-19(17)26/h2,4-5,10-12,22H,3,6-9H2,1H3,(H,21,27)(H,23,24,25,28)/b15-11-. The van der Waals surface area contributed by atoms with Crippen molar-refractivity contribution in [1.29, 1.82) is 0 Å². The van der Waals surface area contributed by atoms with Gasteiger partial charge in [-0.25, -0.2) is 9.97 Å². The van der Waals surface area contributed by atoms with Crippen LogP contribution in [0.3, 0.4) is 0 Å². The zero-order chi connectivity index (χ0) is 20.2. The molecular formula is C20H22N6O3. The van der Waals surface area contributed by atoms with E-state index in [1.165, 1.54) is 6.33 Å². The Kier molecular flexibility index (Phi) is 5.28. The molecule has 2 bridgehead atoms. The Balaban J connectivity index is 1.70. The molecule has 2 aromatic rings. The Morgan fingerprint density at radius 2 is 2.10 bits per heavy atom. The SMILES string of the molecule is CN1CCNC(=O)CCCOc2cccc(c2)N/C=C2\C(=O)Nc3ncnc1c32. The number of benzene rings is 1. The van der Waals surface area contributed by atoms with Gasteiger partial charge in [-0.05, 0) is 18.6 Å². The fraction of sp³-hybridized carbons (Fsp3) is 0.300. The molecule has 2 aliphatic heterocycles. The van der Waals surface area contributed by atoms with Crippen LogP contribution in [0.15, 0.2) is 36.8 Å². The summed E-state index contributed by atoms with van der Waals surface area (Å²) in [5, 5.41) is 8.84. The maximum Gasteiger partial charge on any atom is 0.259 e. The number of likely N-dealkylation sites (N-methyl/N-ethyl adjacent to an activating group) is 1. The average molecular weight is 394 g/mol. The number of nitrogens with one attached hydrogen (secondary N) is 3. The van der Waals surface area contributed by atoms with E-state index in [2.05, 4.69) is 25.9 Å². The lowest BCUT2D eigenvalue weighted by Gasteiger charge is -2.20. The molecule has 0 radical (unpaired) electrons. The van der Waals surface area contributed by atoms with Gasteiger partial charge in [0.2, 0.25) is 5.91 Å². The number of carbonyl (C=O) groups excluding carboxylic acids is 2. The summed E-state index contributed by atoms with van der Waals surface area (Å²) in [6.45, 7) is 1.46. The topological polar surface area (TPSA) is 108 Å². The fourth-order valence-electron chi connectivity index (χ4n) is 3.25. The lowest BCUT2D eigenvalue weighted by Crippen LogP contribution is -2.33. The number of fused-ring (bicyclic) bond motifs is 2. The number of nitrogens with zero attached hydrogens (tertiary/aromatic N) is 3. The summed E-state index contributed by atoms with van der Waals surface area (Å²) in [4.78, 5) is 35.0. The molecule has 0 fully saturated rings. The second kappa shape index (κ2) is 8.17. The zero-order valence-corrected chi connectivity index (χ0v) is 16.1. The van der Waals surface area contributed by atoms with Crippen LogP contribution >= 0.6 is 0 Å². The first-order valence-electron chi connectivity index (χ1n) is 9.46. The number of hydrogen-bond donors (Lipinski definition) is 3. The summed E-state index contributed by atoms with van der Waals surface area (Å²) in [6, 6.07) is 7.44. The van der Waals surface area contributed by atoms with Crippen molar-refractivity contribution in [2.75, 3.05) is 42.3 Å². The highest BCUT2D eigenvalue weighted by molar-refractivity contribution is 6.32. The highest BCUT2D eigenvalue weighted by Crippen LogP contribution is 2.36. The molecule has 1 aromatic carbocycles. The van der Waals surface area contributed by atoms with Crippen LogP contribution in [0.25, 0.3) is 5.57 Å². The number of ether oxygens (including phenoxy) is 1. The summed E-state index contributed by atoms with van der Waals surface area (Å²) in [5.41, 5.74) is 1.86. The summed E-state index contributed by atoms with van der Waals surface area (Å²) < 4.78 is 5.73. The molecule has 0 spiro atoms. The minimum Gasteiger partial charge on any atom is -0.494 e. The number of amides is 2. The van der Waals surface area contributed by atoms with E-state index in [4.69, 9.17) is 4.74 Å². The molecule has 9 nitrogen and oxygen atoms in total. The number of rotatable bonds is 0. The van der Waals surface area contributed by atoms with E-state index >= 15 is 0 Å². The highest BCUT2D eigenvalue weighted by Gasteiger charge is 2.30. The number of aromatic nitrogens is 2. The van der Waals surface area contributed by atoms with E-state index in [0.29, 0.717) is 61.1 Å². The van der Waals surface area contributed by atoms with E-state index in [1.807, 2.05) is 36.2 Å². The maximum absolute atomic E-state index is 12.5. The Labute approximate surface area is 168 Å². The van der Waals surface area contributed by atoms with Crippen LogP contribution in [-0.4, -0.2) is 48.5 Å². The van der Waals surface area contributed by atoms with Crippen LogP contribution in [0.5, 0.6) is 5.75 Å². The number of anilines is 3. The molecule has 0 aliphatic carbocycles. The molecule has 3 heterocycles. The Morgan fingerprint density at radius 3 is 3.00 bits per heavy atom. The summed E-state index contributed by atoms with van der Waals surface area (Å²) in [6.07, 6.45) is 4.10. The summed E-state index contributed by atoms with van der Waals surface area (Å²) in [5.74, 6) is 1.52. The summed E-state index contributed by atoms with van der Waals surface area (Å²) >= 11 is 0. The first-order valence-corrected chi connectivity index (χ1v) is 9.46. The van der Waals surface area contributed by atoms with Crippen LogP contribution < -0.4 is 25.6 Å². The Hall–Kier alpha value is -3.62. The lowest BCUT2D eigenvalue weighted by atomic mass is 10.1. The first kappa shape index (κ1) is 18.7. The largest absolute Gasteiger partial charge is 0.494 e. The normalized spacial score (nSPS) is 18.9. The fourth-order valence-corrected chi connectivity index (χ4v) is 3.25. The van der Waals surface area contributed by atoms with E-state index in [1.54, 1.807) is 6.20 Å². The van der Waals surface area contributed by atoms with Crippen LogP contribution in [0, 0.1) is 0 Å². The second-order valence-electron chi connectivity index (χ2n) is 6.83. The third-order valence-corrected chi connectivity index (χ3v) is 4.74. The zero-order valence-electron chi connectivity index (χ0n) is 16.1. The molecule has 0 saturated carbocycles. The van der Waals surface area contributed by atoms with Crippen molar-refractivity contribution >= 4 is 34.7 Å². The molecular weight excluding hydrogens is 372 g/mol. The monoisotopic (exact) mass is 394 g/mol. The average Bonchev–Trinajstić information content (AvgIpc) is 3.04. The van der Waals surface area contributed by atoms with Gasteiger partial charge in [0.1, 0.15) is 23.7 Å². The molecule has 3 N–H and O–H groups in total. The van der Waals surface area contributed by atoms with Gasteiger partial charge < -0.3 is 25.6 Å². The third kappa shape index (κ3) is 4.13. The predicted molar refractivity (Wildman–Crippen MR) is 110 cm³/mol. The molecule has 29 heavy (non-hydrogen) atoms. The molecule has 2 amide bonds. The van der Waals surface area contributed by atoms with Crippen molar-refractivity contribution in [1.82, 2.24) is 15.3 Å². The van der Waals surface area contributed by atoms with Gasteiger partial charge in [-0.3, -0.25) is 9.59 Å². The van der Waals surface area contributed by atoms with Gasteiger partial charge in [0, 0.05) is 44.5 Å². The number of hydrogen-bond acceptors (Lipinski definition) is 7. The van der Waals surface area contributed by atoms with Gasteiger partial charge >= 0.3 is 0 Å². The van der Waals surface area contributed by atoms with Crippen molar-refractivity contribution in [3.8, 4) is 5.75 Å². The van der Waals surface area contributed by atoms with Crippen molar-refractivity contribution < 1.29 is 14.3 Å².